The van der Waals surface area contributed by atoms with Crippen LogP contribution < -0.4 is 10.6 Å². The number of nitrogens with zero attached hydrogens (tertiary/aromatic N) is 1. The van der Waals surface area contributed by atoms with Crippen LogP contribution in [0.3, 0.4) is 0 Å². The lowest BCUT2D eigenvalue weighted by Gasteiger charge is -2.10. The summed E-state index contributed by atoms with van der Waals surface area (Å²) < 4.78 is 0. The molecule has 0 aliphatic heterocycles. The first-order valence-electron chi connectivity index (χ1n) is 7.75. The van der Waals surface area contributed by atoms with E-state index in [0.717, 1.165) is 10.6 Å². The molecule has 3 rings (SSSR count). The number of thiazole rings is 1. The Morgan fingerprint density at radius 2 is 1.56 bits per heavy atom. The quantitative estimate of drug-likeness (QED) is 0.737. The maximum absolute atomic E-state index is 12.6. The van der Waals surface area contributed by atoms with Crippen molar-refractivity contribution in [2.45, 2.75) is 13.8 Å². The van der Waals surface area contributed by atoms with Gasteiger partial charge in [0.2, 0.25) is 0 Å². The van der Waals surface area contributed by atoms with E-state index in [4.69, 9.17) is 0 Å². The molecule has 0 saturated carbocycles. The van der Waals surface area contributed by atoms with Gasteiger partial charge in [0.05, 0.1) is 16.9 Å². The van der Waals surface area contributed by atoms with E-state index in [1.807, 2.05) is 19.9 Å². The number of hydrogen-bond donors (Lipinski definition) is 2. The molecular formula is C19H17N3O2S. The largest absolute Gasteiger partial charge is 0.321 e. The maximum Gasteiger partial charge on any atom is 0.259 e. The molecule has 3 aromatic rings. The van der Waals surface area contributed by atoms with Crippen molar-refractivity contribution in [2.75, 3.05) is 10.6 Å². The van der Waals surface area contributed by atoms with Gasteiger partial charge in [-0.25, -0.2) is 4.98 Å². The predicted octanol–water partition coefficient (Wildman–Crippen LogP) is 4.26. The van der Waals surface area contributed by atoms with Crippen LogP contribution in [-0.4, -0.2) is 16.8 Å². The van der Waals surface area contributed by atoms with Gasteiger partial charge in [-0.15, -0.1) is 11.3 Å². The van der Waals surface area contributed by atoms with Crippen LogP contribution in [0.5, 0.6) is 0 Å². The Morgan fingerprint density at radius 3 is 2.24 bits per heavy atom. The number of anilines is 2. The van der Waals surface area contributed by atoms with Crippen molar-refractivity contribution in [3.8, 4) is 0 Å². The predicted molar refractivity (Wildman–Crippen MR) is 100 cm³/mol. The molecule has 5 nitrogen and oxygen atoms in total. The van der Waals surface area contributed by atoms with Gasteiger partial charge in [-0.3, -0.25) is 14.9 Å². The molecule has 6 heteroatoms. The van der Waals surface area contributed by atoms with Gasteiger partial charge in [0.25, 0.3) is 11.8 Å². The van der Waals surface area contributed by atoms with Gasteiger partial charge in [0, 0.05) is 10.4 Å². The van der Waals surface area contributed by atoms with Gasteiger partial charge in [-0.1, -0.05) is 30.3 Å². The summed E-state index contributed by atoms with van der Waals surface area (Å²) in [4.78, 5) is 30.3. The Kier molecular flexibility index (Phi) is 4.90. The molecule has 2 amide bonds. The number of hydrogen-bond acceptors (Lipinski definition) is 4. The number of amides is 2. The van der Waals surface area contributed by atoms with Gasteiger partial charge in [0.15, 0.2) is 5.13 Å². The van der Waals surface area contributed by atoms with E-state index >= 15 is 0 Å². The minimum atomic E-state index is -0.308. The fraction of sp³-hybridized carbons (Fsp3) is 0.105. The van der Waals surface area contributed by atoms with Crippen LogP contribution >= 0.6 is 11.3 Å². The van der Waals surface area contributed by atoms with Crippen LogP contribution in [0.1, 0.15) is 31.3 Å². The van der Waals surface area contributed by atoms with Crippen LogP contribution in [0.15, 0.2) is 54.6 Å². The third kappa shape index (κ3) is 3.92. The lowest BCUT2D eigenvalue weighted by Crippen LogP contribution is -2.18. The minimum absolute atomic E-state index is 0.262. The highest BCUT2D eigenvalue weighted by molar-refractivity contribution is 7.15. The van der Waals surface area contributed by atoms with Gasteiger partial charge in [-0.2, -0.15) is 0 Å². The first kappa shape index (κ1) is 16.9. The van der Waals surface area contributed by atoms with Crippen LogP contribution in [0.4, 0.5) is 10.8 Å². The van der Waals surface area contributed by atoms with E-state index in [-0.39, 0.29) is 11.8 Å². The molecule has 2 aromatic carbocycles. The van der Waals surface area contributed by atoms with Crippen molar-refractivity contribution in [3.63, 3.8) is 0 Å². The van der Waals surface area contributed by atoms with Crippen molar-refractivity contribution in [3.05, 3.63) is 76.3 Å². The van der Waals surface area contributed by atoms with Crippen LogP contribution in [0.25, 0.3) is 0 Å². The molecule has 1 aromatic heterocycles. The summed E-state index contributed by atoms with van der Waals surface area (Å²) in [6.45, 7) is 3.85. The van der Waals surface area contributed by atoms with Crippen molar-refractivity contribution < 1.29 is 9.59 Å². The van der Waals surface area contributed by atoms with Gasteiger partial charge in [-0.05, 0) is 38.1 Å². The van der Waals surface area contributed by atoms with E-state index in [2.05, 4.69) is 15.6 Å². The first-order chi connectivity index (χ1) is 12.0. The van der Waals surface area contributed by atoms with Crippen LogP contribution in [0, 0.1) is 13.8 Å². The second-order valence-corrected chi connectivity index (χ2v) is 6.68. The monoisotopic (exact) mass is 351 g/mol. The number of carbonyl (C=O) groups is 2. The van der Waals surface area contributed by atoms with Crippen molar-refractivity contribution in [2.24, 2.45) is 0 Å². The van der Waals surface area contributed by atoms with E-state index in [1.54, 1.807) is 48.5 Å². The Labute approximate surface area is 149 Å². The smallest absolute Gasteiger partial charge is 0.259 e. The summed E-state index contributed by atoms with van der Waals surface area (Å²) in [6, 6.07) is 15.8. The average Bonchev–Trinajstić information content (AvgIpc) is 2.93. The molecule has 0 bridgehead atoms. The SMILES string of the molecule is Cc1nc(NC(=O)c2ccccc2NC(=O)c2ccccc2)sc1C. The molecule has 0 fully saturated rings. The summed E-state index contributed by atoms with van der Waals surface area (Å²) >= 11 is 1.42. The summed E-state index contributed by atoms with van der Waals surface area (Å²) in [5.41, 5.74) is 2.27. The van der Waals surface area contributed by atoms with Crippen molar-refractivity contribution in [1.82, 2.24) is 4.98 Å². The zero-order valence-corrected chi connectivity index (χ0v) is 14.7. The molecular weight excluding hydrogens is 334 g/mol. The molecule has 0 aliphatic rings. The number of nitrogens with one attached hydrogen (secondary N) is 2. The Balaban J connectivity index is 1.80. The molecule has 0 atom stereocenters. The Hall–Kier alpha value is -2.99. The number of aromatic nitrogens is 1. The van der Waals surface area contributed by atoms with E-state index in [1.165, 1.54) is 11.3 Å². The topological polar surface area (TPSA) is 71.1 Å². The average molecular weight is 351 g/mol. The van der Waals surface area contributed by atoms with E-state index in [0.29, 0.717) is 21.9 Å². The zero-order valence-electron chi connectivity index (χ0n) is 13.9. The summed E-state index contributed by atoms with van der Waals surface area (Å²) in [5.74, 6) is -0.570. The van der Waals surface area contributed by atoms with Gasteiger partial charge in [0.1, 0.15) is 0 Å². The van der Waals surface area contributed by atoms with Crippen LogP contribution in [-0.2, 0) is 0 Å². The molecule has 126 valence electrons. The molecule has 25 heavy (non-hydrogen) atoms. The third-order valence-electron chi connectivity index (χ3n) is 3.70. The highest BCUT2D eigenvalue weighted by Crippen LogP contribution is 2.23. The van der Waals surface area contributed by atoms with Crippen molar-refractivity contribution >= 4 is 34.0 Å². The number of rotatable bonds is 4. The molecule has 0 saturated heterocycles. The van der Waals surface area contributed by atoms with Gasteiger partial charge < -0.3 is 5.32 Å². The van der Waals surface area contributed by atoms with Crippen molar-refractivity contribution in [1.29, 1.82) is 0 Å². The number of benzene rings is 2. The normalized spacial score (nSPS) is 10.3. The van der Waals surface area contributed by atoms with E-state index < -0.39 is 0 Å². The summed E-state index contributed by atoms with van der Waals surface area (Å²) in [6.07, 6.45) is 0. The zero-order chi connectivity index (χ0) is 17.8. The number of para-hydroxylation sites is 1. The van der Waals surface area contributed by atoms with Crippen LogP contribution in [0.2, 0.25) is 0 Å². The fourth-order valence-corrected chi connectivity index (χ4v) is 3.07. The molecule has 0 unspecified atom stereocenters. The molecule has 0 radical (unpaired) electrons. The summed E-state index contributed by atoms with van der Waals surface area (Å²) in [5, 5.41) is 6.13. The molecule has 2 N–H and O–H groups in total. The minimum Gasteiger partial charge on any atom is -0.321 e. The fourth-order valence-electron chi connectivity index (χ4n) is 2.26. The number of aryl methyl sites for hydroxylation is 2. The standard InChI is InChI=1S/C19H17N3O2S/c1-12-13(2)25-19(20-12)22-18(24)15-10-6-7-11-16(15)21-17(23)14-8-4-3-5-9-14/h3-11H,1-2H3,(H,21,23)(H,20,22,24). The first-order valence-corrected chi connectivity index (χ1v) is 8.57. The van der Waals surface area contributed by atoms with Gasteiger partial charge >= 0.3 is 0 Å². The Morgan fingerprint density at radius 1 is 0.880 bits per heavy atom. The molecule has 0 spiro atoms. The highest BCUT2D eigenvalue weighted by atomic mass is 32.1. The number of carbonyl (C=O) groups excluding carboxylic acids is 2. The van der Waals surface area contributed by atoms with E-state index in [9.17, 15) is 9.59 Å². The second-order valence-electron chi connectivity index (χ2n) is 5.48. The highest BCUT2D eigenvalue weighted by Gasteiger charge is 2.15. The lowest BCUT2D eigenvalue weighted by molar-refractivity contribution is 0.102. The molecule has 1 heterocycles. The molecule has 0 aliphatic carbocycles. The third-order valence-corrected chi connectivity index (χ3v) is 4.69. The second kappa shape index (κ2) is 7.27. The summed E-state index contributed by atoms with van der Waals surface area (Å²) in [7, 11) is 0. The maximum atomic E-state index is 12.6. The Bertz CT molecular complexity index is 900. The lowest BCUT2D eigenvalue weighted by atomic mass is 10.1.